The Morgan fingerprint density at radius 1 is 0.327 bits per heavy atom. The summed E-state index contributed by atoms with van der Waals surface area (Å²) < 4.78 is 0. The summed E-state index contributed by atoms with van der Waals surface area (Å²) in [5.41, 5.74) is 12.1. The largest absolute Gasteiger partial charge is 0.324 e. The fourth-order valence-electron chi connectivity index (χ4n) is 6.12. The molecule has 7 aromatic carbocycles. The average molecular weight is 673 g/mol. The zero-order valence-electron chi connectivity index (χ0n) is 28.7. The van der Waals surface area contributed by atoms with Gasteiger partial charge in [-0.15, -0.1) is 0 Å². The Labute approximate surface area is 304 Å². The fourth-order valence-corrected chi connectivity index (χ4v) is 6.12. The van der Waals surface area contributed by atoms with Gasteiger partial charge in [0.1, 0.15) is 0 Å². The van der Waals surface area contributed by atoms with Crippen LogP contribution in [-0.4, -0.2) is 22.0 Å². The third-order valence-corrected chi connectivity index (χ3v) is 9.00. The van der Waals surface area contributed by atoms with Crippen LogP contribution in [0.25, 0.3) is 44.5 Å². The van der Waals surface area contributed by atoms with Crippen molar-refractivity contribution >= 4 is 34.9 Å². The number of aromatic nitrogens is 3. The summed E-state index contributed by atoms with van der Waals surface area (Å²) in [5, 5.41) is 6.81. The second-order valence-corrected chi connectivity index (χ2v) is 12.5. The molecule has 8 aromatic rings. The van der Waals surface area contributed by atoms with Crippen molar-refractivity contribution in [2.24, 2.45) is 0 Å². The number of hydrogen-bond acceptors (Lipinski definition) is 6. The van der Waals surface area contributed by atoms with E-state index < -0.39 is 0 Å². The molecule has 52 heavy (non-hydrogen) atoms. The molecular weight excluding hydrogens is 637 g/mol. The van der Waals surface area contributed by atoms with Crippen LogP contribution in [0.15, 0.2) is 188 Å². The quantitative estimate of drug-likeness (QED) is 0.151. The first kappa shape index (κ1) is 32.2. The van der Waals surface area contributed by atoms with Crippen LogP contribution in [0.4, 0.5) is 34.9 Å². The normalized spacial score (nSPS) is 10.8. The molecule has 0 aliphatic heterocycles. The van der Waals surface area contributed by atoms with Crippen LogP contribution in [0, 0.1) is 0 Å². The molecule has 6 heteroatoms. The molecule has 0 spiro atoms. The smallest absolute Gasteiger partial charge is 0.236 e. The van der Waals surface area contributed by atoms with Crippen LogP contribution in [0.3, 0.4) is 0 Å². The lowest BCUT2D eigenvalue weighted by atomic mass is 10.0. The van der Waals surface area contributed by atoms with Crippen molar-refractivity contribution in [1.29, 1.82) is 0 Å². The minimum absolute atomic E-state index is 0.436. The lowest BCUT2D eigenvalue weighted by Crippen LogP contribution is -2.16. The molecule has 0 aliphatic rings. The highest BCUT2D eigenvalue weighted by Crippen LogP contribution is 2.30. The van der Waals surface area contributed by atoms with Crippen LogP contribution in [0.1, 0.15) is 0 Å². The lowest BCUT2D eigenvalue weighted by Gasteiger charge is -2.19. The van der Waals surface area contributed by atoms with Gasteiger partial charge >= 0.3 is 0 Å². The highest BCUT2D eigenvalue weighted by molar-refractivity contribution is 5.74. The van der Waals surface area contributed by atoms with Gasteiger partial charge in [0.2, 0.25) is 17.8 Å². The number of anilines is 6. The van der Waals surface area contributed by atoms with Gasteiger partial charge in [-0.1, -0.05) is 152 Å². The topological polar surface area (TPSA) is 66.0 Å². The van der Waals surface area contributed by atoms with Gasteiger partial charge in [-0.2, -0.15) is 15.0 Å². The van der Waals surface area contributed by atoms with Crippen molar-refractivity contribution in [3.63, 3.8) is 0 Å². The molecule has 1 heterocycles. The first-order valence-electron chi connectivity index (χ1n) is 17.3. The van der Waals surface area contributed by atoms with Crippen LogP contribution in [0.5, 0.6) is 0 Å². The van der Waals surface area contributed by atoms with Gasteiger partial charge in [-0.3, -0.25) is 0 Å². The molecule has 250 valence electrons. The Kier molecular flexibility index (Phi) is 9.17. The van der Waals surface area contributed by atoms with Crippen molar-refractivity contribution in [2.75, 3.05) is 22.6 Å². The van der Waals surface area contributed by atoms with E-state index in [1.165, 1.54) is 22.3 Å². The van der Waals surface area contributed by atoms with Crippen molar-refractivity contribution in [1.82, 2.24) is 15.0 Å². The molecule has 0 bridgehead atoms. The van der Waals surface area contributed by atoms with E-state index in [2.05, 4.69) is 132 Å². The molecule has 0 saturated carbocycles. The molecule has 2 N–H and O–H groups in total. The molecule has 0 fully saturated rings. The number of para-hydroxylation sites is 1. The van der Waals surface area contributed by atoms with Crippen molar-refractivity contribution in [2.45, 2.75) is 0 Å². The predicted octanol–water partition coefficient (Wildman–Crippen LogP) is 11.8. The highest BCUT2D eigenvalue weighted by Gasteiger charge is 2.13. The zero-order chi connectivity index (χ0) is 35.1. The Morgan fingerprint density at radius 3 is 0.962 bits per heavy atom. The third-order valence-electron chi connectivity index (χ3n) is 9.00. The average Bonchev–Trinajstić information content (AvgIpc) is 3.22. The summed E-state index contributed by atoms with van der Waals surface area (Å²) >= 11 is 0. The SMILES string of the molecule is CN(c1ccccc1)c1nc(Nc2ccc(-c3ccc(-c4ccccc4)cc3)cc2)nc(Nc2ccc(-c3ccc(-c4ccccc4)cc3)cc2)n1. The first-order chi connectivity index (χ1) is 25.6. The van der Waals surface area contributed by atoms with Gasteiger partial charge in [0, 0.05) is 24.1 Å². The van der Waals surface area contributed by atoms with E-state index in [9.17, 15) is 0 Å². The number of hydrogen-bond donors (Lipinski definition) is 2. The van der Waals surface area contributed by atoms with E-state index in [1.807, 2.05) is 78.7 Å². The molecule has 0 atom stereocenters. The number of benzene rings is 7. The van der Waals surface area contributed by atoms with E-state index in [0.29, 0.717) is 17.8 Å². The lowest BCUT2D eigenvalue weighted by molar-refractivity contribution is 0.996. The summed E-state index contributed by atoms with van der Waals surface area (Å²) in [4.78, 5) is 16.3. The second-order valence-electron chi connectivity index (χ2n) is 12.5. The Hall–Kier alpha value is -7.05. The molecule has 0 saturated heterocycles. The number of rotatable bonds is 10. The molecule has 8 rings (SSSR count). The van der Waals surface area contributed by atoms with Gasteiger partial charge in [0.05, 0.1) is 0 Å². The van der Waals surface area contributed by atoms with Gasteiger partial charge in [0.15, 0.2) is 0 Å². The predicted molar refractivity (Wildman–Crippen MR) is 216 cm³/mol. The van der Waals surface area contributed by atoms with Crippen LogP contribution >= 0.6 is 0 Å². The van der Waals surface area contributed by atoms with Crippen LogP contribution in [-0.2, 0) is 0 Å². The van der Waals surface area contributed by atoms with Crippen molar-refractivity contribution in [3.8, 4) is 44.5 Å². The van der Waals surface area contributed by atoms with E-state index in [4.69, 9.17) is 15.0 Å². The third kappa shape index (κ3) is 7.42. The van der Waals surface area contributed by atoms with Crippen molar-refractivity contribution in [3.05, 3.63) is 188 Å². The second kappa shape index (κ2) is 14.8. The maximum atomic E-state index is 4.80. The fraction of sp³-hybridized carbons (Fsp3) is 0.0217. The molecule has 0 unspecified atom stereocenters. The molecule has 6 nitrogen and oxygen atoms in total. The van der Waals surface area contributed by atoms with Crippen LogP contribution < -0.4 is 15.5 Å². The van der Waals surface area contributed by atoms with Gasteiger partial charge < -0.3 is 15.5 Å². The molecule has 0 aliphatic carbocycles. The zero-order valence-corrected chi connectivity index (χ0v) is 28.7. The Bertz CT molecular complexity index is 2220. The molecular formula is C46H36N6. The monoisotopic (exact) mass is 672 g/mol. The molecule has 1 aromatic heterocycles. The standard InChI is InChI=1S/C46H36N6/c1-52(43-15-9-4-10-16-43)46-50-44(47-41-29-25-39(26-30-41)37-21-17-35(18-22-37)33-11-5-2-6-12-33)49-45(51-46)48-42-31-27-40(28-32-42)38-23-19-36(20-24-38)34-13-7-3-8-14-34/h2-32H,1H3,(H2,47,48,49,50,51). The first-order valence-corrected chi connectivity index (χ1v) is 17.3. The molecule has 0 radical (unpaired) electrons. The highest BCUT2D eigenvalue weighted by atomic mass is 15.3. The summed E-state index contributed by atoms with van der Waals surface area (Å²) in [7, 11) is 1.95. The summed E-state index contributed by atoms with van der Waals surface area (Å²) in [5.74, 6) is 1.38. The van der Waals surface area contributed by atoms with Crippen molar-refractivity contribution < 1.29 is 0 Å². The minimum atomic E-state index is 0.436. The summed E-state index contributed by atoms with van der Waals surface area (Å²) in [6.07, 6.45) is 0. The van der Waals surface area contributed by atoms with Gasteiger partial charge in [-0.25, -0.2) is 0 Å². The van der Waals surface area contributed by atoms with Crippen LogP contribution in [0.2, 0.25) is 0 Å². The van der Waals surface area contributed by atoms with E-state index in [-0.39, 0.29) is 0 Å². The number of nitrogens with one attached hydrogen (secondary N) is 2. The van der Waals surface area contributed by atoms with E-state index in [0.717, 1.165) is 39.3 Å². The summed E-state index contributed by atoms with van der Waals surface area (Å²) in [6, 6.07) is 64.8. The molecule has 0 amide bonds. The number of nitrogens with zero attached hydrogens (tertiary/aromatic N) is 4. The Morgan fingerprint density at radius 2 is 0.615 bits per heavy atom. The van der Waals surface area contributed by atoms with Gasteiger partial charge in [-0.05, 0) is 80.9 Å². The Balaban J connectivity index is 1.01. The summed E-state index contributed by atoms with van der Waals surface area (Å²) in [6.45, 7) is 0. The van der Waals surface area contributed by atoms with E-state index in [1.54, 1.807) is 0 Å². The minimum Gasteiger partial charge on any atom is -0.324 e. The maximum Gasteiger partial charge on any atom is 0.236 e. The van der Waals surface area contributed by atoms with E-state index >= 15 is 0 Å². The van der Waals surface area contributed by atoms with Gasteiger partial charge in [0.25, 0.3) is 0 Å². The maximum absolute atomic E-state index is 4.80.